The van der Waals surface area contributed by atoms with Gasteiger partial charge >= 0.3 is 5.97 Å². The lowest BCUT2D eigenvalue weighted by molar-refractivity contribution is -0.118. The Kier molecular flexibility index (Phi) is 6.68. The molecule has 1 aliphatic carbocycles. The number of ether oxygens (including phenoxy) is 2. The molecular weight excluding hydrogens is 477 g/mol. The third-order valence-electron chi connectivity index (χ3n) is 3.96. The average Bonchev–Trinajstić information content (AvgIpc) is 3.14. The van der Waals surface area contributed by atoms with Crippen LogP contribution in [0.15, 0.2) is 16.6 Å². The van der Waals surface area contributed by atoms with Gasteiger partial charge in [0.15, 0.2) is 12.4 Å². The van der Waals surface area contributed by atoms with Gasteiger partial charge < -0.3 is 14.8 Å². The topological polar surface area (TPSA) is 64.6 Å². The Labute approximate surface area is 179 Å². The lowest BCUT2D eigenvalue weighted by atomic mass is 10.1. The average molecular weight is 493 g/mol. The molecule has 0 fully saturated rings. The molecule has 1 heterocycles. The molecule has 1 amide bonds. The van der Waals surface area contributed by atoms with Crippen molar-refractivity contribution < 1.29 is 19.1 Å². The summed E-state index contributed by atoms with van der Waals surface area (Å²) in [5.74, 6) is -0.467. The number of anilines is 1. The van der Waals surface area contributed by atoms with Crippen LogP contribution in [0.4, 0.5) is 5.00 Å². The summed E-state index contributed by atoms with van der Waals surface area (Å²) < 4.78 is 11.2. The number of esters is 1. The predicted octanol–water partition coefficient (Wildman–Crippen LogP) is 5.50. The first kappa shape index (κ1) is 20.5. The zero-order valence-corrected chi connectivity index (χ0v) is 18.3. The molecule has 27 heavy (non-hydrogen) atoms. The minimum absolute atomic E-state index is 0.259. The molecule has 0 unspecified atom stereocenters. The van der Waals surface area contributed by atoms with E-state index in [9.17, 15) is 9.59 Å². The van der Waals surface area contributed by atoms with Crippen molar-refractivity contribution in [2.45, 2.75) is 26.2 Å². The molecule has 0 saturated carbocycles. The SMILES string of the molecule is CCOC(=O)c1c(NC(=O)COc2c(Cl)cc(Cl)cc2Br)sc2c1CCC2. The highest BCUT2D eigenvalue weighted by Gasteiger charge is 2.28. The summed E-state index contributed by atoms with van der Waals surface area (Å²) >= 11 is 16.7. The van der Waals surface area contributed by atoms with Crippen LogP contribution < -0.4 is 10.1 Å². The summed E-state index contributed by atoms with van der Waals surface area (Å²) in [5.41, 5.74) is 1.45. The highest BCUT2D eigenvalue weighted by atomic mass is 79.9. The molecule has 1 aromatic heterocycles. The normalized spacial score (nSPS) is 12.6. The molecule has 0 atom stereocenters. The molecule has 1 N–H and O–H groups in total. The number of carbonyl (C=O) groups excluding carboxylic acids is 2. The molecule has 1 aliphatic rings. The van der Waals surface area contributed by atoms with E-state index in [2.05, 4.69) is 21.2 Å². The fourth-order valence-electron chi connectivity index (χ4n) is 2.88. The fraction of sp³-hybridized carbons (Fsp3) is 0.333. The lowest BCUT2D eigenvalue weighted by Crippen LogP contribution is -2.21. The van der Waals surface area contributed by atoms with Crippen molar-refractivity contribution in [1.82, 2.24) is 0 Å². The summed E-state index contributed by atoms with van der Waals surface area (Å²) in [7, 11) is 0. The second-order valence-corrected chi connectivity index (χ2v) is 8.62. The Bertz CT molecular complexity index is 877. The molecule has 2 aromatic rings. The maximum Gasteiger partial charge on any atom is 0.341 e. The number of benzene rings is 1. The second kappa shape index (κ2) is 8.82. The van der Waals surface area contributed by atoms with Crippen LogP contribution in [0.1, 0.15) is 34.1 Å². The molecule has 1 aromatic carbocycles. The smallest absolute Gasteiger partial charge is 0.341 e. The number of nitrogens with one attached hydrogen (secondary N) is 1. The highest BCUT2D eigenvalue weighted by molar-refractivity contribution is 9.10. The van der Waals surface area contributed by atoms with Gasteiger partial charge in [-0.05, 0) is 59.8 Å². The standard InChI is InChI=1S/C18H16BrCl2NO4S/c1-2-25-18(24)15-10-4-3-5-13(10)27-17(15)22-14(23)8-26-16-11(19)6-9(20)7-12(16)21/h6-7H,2-5,8H2,1H3,(H,22,23). The summed E-state index contributed by atoms with van der Waals surface area (Å²) in [4.78, 5) is 25.8. The van der Waals surface area contributed by atoms with Crippen molar-refractivity contribution in [2.75, 3.05) is 18.5 Å². The van der Waals surface area contributed by atoms with Gasteiger partial charge in [0.05, 0.1) is 21.7 Å². The molecule has 5 nitrogen and oxygen atoms in total. The van der Waals surface area contributed by atoms with Crippen molar-refractivity contribution >= 4 is 67.3 Å². The molecule has 9 heteroatoms. The Morgan fingerprint density at radius 3 is 2.78 bits per heavy atom. The van der Waals surface area contributed by atoms with Gasteiger partial charge in [-0.2, -0.15) is 0 Å². The van der Waals surface area contributed by atoms with E-state index in [1.54, 1.807) is 13.0 Å². The van der Waals surface area contributed by atoms with Crippen molar-refractivity contribution in [3.05, 3.63) is 42.7 Å². The van der Waals surface area contributed by atoms with E-state index in [0.717, 1.165) is 29.7 Å². The third-order valence-corrected chi connectivity index (χ3v) is 6.26. The second-order valence-electron chi connectivity index (χ2n) is 5.82. The first-order chi connectivity index (χ1) is 12.9. The maximum atomic E-state index is 12.4. The van der Waals surface area contributed by atoms with E-state index in [4.69, 9.17) is 32.7 Å². The van der Waals surface area contributed by atoms with E-state index >= 15 is 0 Å². The number of hydrogen-bond acceptors (Lipinski definition) is 5. The van der Waals surface area contributed by atoms with Gasteiger partial charge in [0.2, 0.25) is 0 Å². The number of carbonyl (C=O) groups is 2. The summed E-state index contributed by atoms with van der Waals surface area (Å²) in [6.45, 7) is 1.78. The number of amides is 1. The van der Waals surface area contributed by atoms with Crippen molar-refractivity contribution in [3.8, 4) is 5.75 Å². The molecule has 0 saturated heterocycles. The van der Waals surface area contributed by atoms with Gasteiger partial charge in [0.25, 0.3) is 5.91 Å². The number of fused-ring (bicyclic) bond motifs is 1. The number of halogens is 3. The quantitative estimate of drug-likeness (QED) is 0.540. The zero-order chi connectivity index (χ0) is 19.6. The predicted molar refractivity (Wildman–Crippen MR) is 111 cm³/mol. The van der Waals surface area contributed by atoms with Crippen LogP contribution in [0, 0.1) is 0 Å². The number of rotatable bonds is 6. The van der Waals surface area contributed by atoms with Crippen LogP contribution in [0.25, 0.3) is 0 Å². The van der Waals surface area contributed by atoms with Crippen LogP contribution in [-0.4, -0.2) is 25.1 Å². The fourth-order valence-corrected chi connectivity index (χ4v) is 5.54. The van der Waals surface area contributed by atoms with Crippen LogP contribution in [0.5, 0.6) is 5.75 Å². The molecule has 3 rings (SSSR count). The van der Waals surface area contributed by atoms with Crippen molar-refractivity contribution in [2.24, 2.45) is 0 Å². The van der Waals surface area contributed by atoms with Crippen LogP contribution >= 0.6 is 50.5 Å². The third kappa shape index (κ3) is 4.59. The number of hydrogen-bond donors (Lipinski definition) is 1. The highest BCUT2D eigenvalue weighted by Crippen LogP contribution is 2.40. The Morgan fingerprint density at radius 2 is 2.07 bits per heavy atom. The summed E-state index contributed by atoms with van der Waals surface area (Å²) in [6.07, 6.45) is 2.74. The molecule has 144 valence electrons. The van der Waals surface area contributed by atoms with Gasteiger partial charge in [-0.3, -0.25) is 4.79 Å². The first-order valence-corrected chi connectivity index (χ1v) is 10.7. The van der Waals surface area contributed by atoms with E-state index in [1.165, 1.54) is 17.4 Å². The molecular formula is C18H16BrCl2NO4S. The van der Waals surface area contributed by atoms with E-state index in [0.29, 0.717) is 30.8 Å². The van der Waals surface area contributed by atoms with Crippen LogP contribution in [0.3, 0.4) is 0 Å². The zero-order valence-electron chi connectivity index (χ0n) is 14.4. The Hall–Kier alpha value is -1.28. The van der Waals surface area contributed by atoms with E-state index in [-0.39, 0.29) is 13.2 Å². The molecule has 0 radical (unpaired) electrons. The van der Waals surface area contributed by atoms with Crippen LogP contribution in [-0.2, 0) is 22.4 Å². The minimum Gasteiger partial charge on any atom is -0.481 e. The number of thiophene rings is 1. The minimum atomic E-state index is -0.406. The lowest BCUT2D eigenvalue weighted by Gasteiger charge is -2.11. The monoisotopic (exact) mass is 491 g/mol. The van der Waals surface area contributed by atoms with E-state index in [1.807, 2.05) is 0 Å². The molecule has 0 aliphatic heterocycles. The Morgan fingerprint density at radius 1 is 1.30 bits per heavy atom. The molecule has 0 bridgehead atoms. The van der Waals surface area contributed by atoms with E-state index < -0.39 is 11.9 Å². The van der Waals surface area contributed by atoms with Gasteiger partial charge in [-0.1, -0.05) is 23.2 Å². The van der Waals surface area contributed by atoms with Gasteiger partial charge in [0, 0.05) is 9.90 Å². The number of aryl methyl sites for hydroxylation is 1. The van der Waals surface area contributed by atoms with Crippen LogP contribution in [0.2, 0.25) is 10.0 Å². The maximum absolute atomic E-state index is 12.4. The van der Waals surface area contributed by atoms with Gasteiger partial charge in [-0.15, -0.1) is 11.3 Å². The summed E-state index contributed by atoms with van der Waals surface area (Å²) in [5, 5.41) is 4.03. The first-order valence-electron chi connectivity index (χ1n) is 8.29. The largest absolute Gasteiger partial charge is 0.481 e. The Balaban J connectivity index is 1.73. The molecule has 0 spiro atoms. The van der Waals surface area contributed by atoms with Crippen molar-refractivity contribution in [1.29, 1.82) is 0 Å². The van der Waals surface area contributed by atoms with Gasteiger partial charge in [-0.25, -0.2) is 4.79 Å². The van der Waals surface area contributed by atoms with Crippen molar-refractivity contribution in [3.63, 3.8) is 0 Å². The van der Waals surface area contributed by atoms with Gasteiger partial charge in [0.1, 0.15) is 5.00 Å². The summed E-state index contributed by atoms with van der Waals surface area (Å²) in [6, 6.07) is 3.16.